The summed E-state index contributed by atoms with van der Waals surface area (Å²) in [5.74, 6) is 1.04. The molecule has 2 rings (SSSR count). The van der Waals surface area contributed by atoms with Crippen LogP contribution in [0.25, 0.3) is 0 Å². The van der Waals surface area contributed by atoms with Gasteiger partial charge in [-0.05, 0) is 11.6 Å². The fraction of sp³-hybridized carbons (Fsp3) is 0.333. The van der Waals surface area contributed by atoms with Gasteiger partial charge in [-0.2, -0.15) is 0 Å². The Labute approximate surface area is 73.6 Å². The maximum atomic E-state index is 5.61. The summed E-state index contributed by atoms with van der Waals surface area (Å²) in [6.45, 7) is 0.975. The van der Waals surface area contributed by atoms with Crippen molar-refractivity contribution >= 4 is 29.1 Å². The molecule has 0 fully saturated rings. The summed E-state index contributed by atoms with van der Waals surface area (Å²) in [4.78, 5) is 7.94. The Hall–Kier alpha value is -0.480. The van der Waals surface area contributed by atoms with E-state index in [-0.39, 0.29) is 0 Å². The van der Waals surface area contributed by atoms with Crippen molar-refractivity contribution in [1.29, 1.82) is 0 Å². The minimum absolute atomic E-state index is 0.319. The van der Waals surface area contributed by atoms with E-state index in [0.717, 1.165) is 23.0 Å². The molecule has 0 saturated heterocycles. The minimum atomic E-state index is 0.319. The molecule has 0 aliphatic carbocycles. The van der Waals surface area contributed by atoms with Crippen molar-refractivity contribution in [1.82, 2.24) is 9.97 Å². The van der Waals surface area contributed by atoms with Crippen LogP contribution in [0.5, 0.6) is 0 Å². The number of nitrogens with one attached hydrogen (secondary N) is 1. The molecule has 58 valence electrons. The van der Waals surface area contributed by atoms with Crippen LogP contribution >= 0.6 is 23.4 Å². The molecular formula is C6H6ClN3S. The number of thioether (sulfide) groups is 1. The van der Waals surface area contributed by atoms with Gasteiger partial charge in [0.25, 0.3) is 0 Å². The Morgan fingerprint density at radius 3 is 3.45 bits per heavy atom. The van der Waals surface area contributed by atoms with Crippen LogP contribution in [0.3, 0.4) is 0 Å². The summed E-state index contributed by atoms with van der Waals surface area (Å²) in [7, 11) is 0. The van der Waals surface area contributed by atoms with Gasteiger partial charge >= 0.3 is 0 Å². The molecule has 1 aromatic heterocycles. The smallest absolute Gasteiger partial charge is 0.223 e. The van der Waals surface area contributed by atoms with Crippen LogP contribution in [0.15, 0.2) is 11.2 Å². The zero-order chi connectivity index (χ0) is 7.68. The third-order valence-corrected chi connectivity index (χ3v) is 2.56. The van der Waals surface area contributed by atoms with Gasteiger partial charge in [0.15, 0.2) is 0 Å². The van der Waals surface area contributed by atoms with Crippen LogP contribution < -0.4 is 5.32 Å². The summed E-state index contributed by atoms with van der Waals surface area (Å²) in [6.07, 6.45) is 1.72. The Morgan fingerprint density at radius 1 is 1.64 bits per heavy atom. The lowest BCUT2D eigenvalue weighted by Crippen LogP contribution is -2.11. The quantitative estimate of drug-likeness (QED) is 0.495. The zero-order valence-corrected chi connectivity index (χ0v) is 7.24. The Balaban J connectivity index is 2.43. The number of hydrogen-bond acceptors (Lipinski definition) is 4. The van der Waals surface area contributed by atoms with Crippen LogP contribution in [0.2, 0.25) is 5.28 Å². The second-order valence-corrected chi connectivity index (χ2v) is 3.55. The normalized spacial score (nSPS) is 15.4. The first-order valence-corrected chi connectivity index (χ1v) is 4.62. The minimum Gasteiger partial charge on any atom is -0.381 e. The van der Waals surface area contributed by atoms with Crippen LogP contribution in [-0.2, 0) is 0 Å². The van der Waals surface area contributed by atoms with Crippen molar-refractivity contribution in [2.75, 3.05) is 17.6 Å². The van der Waals surface area contributed by atoms with Crippen LogP contribution in [0.1, 0.15) is 0 Å². The second kappa shape index (κ2) is 2.87. The molecule has 0 amide bonds. The molecule has 0 spiro atoms. The molecule has 2 heterocycles. The highest BCUT2D eigenvalue weighted by Crippen LogP contribution is 2.28. The number of rotatable bonds is 0. The largest absolute Gasteiger partial charge is 0.381 e. The van der Waals surface area contributed by atoms with Crippen LogP contribution in [0.4, 0.5) is 5.69 Å². The number of nitrogens with zero attached hydrogens (tertiary/aromatic N) is 2. The van der Waals surface area contributed by atoms with Crippen molar-refractivity contribution < 1.29 is 0 Å². The number of fused-ring (bicyclic) bond motifs is 1. The Kier molecular flexibility index (Phi) is 1.87. The van der Waals surface area contributed by atoms with E-state index in [0.29, 0.717) is 5.28 Å². The molecular weight excluding hydrogens is 182 g/mol. The highest BCUT2D eigenvalue weighted by atomic mass is 35.5. The van der Waals surface area contributed by atoms with E-state index in [2.05, 4.69) is 15.3 Å². The van der Waals surface area contributed by atoms with Gasteiger partial charge in [0.1, 0.15) is 5.03 Å². The molecule has 0 radical (unpaired) electrons. The van der Waals surface area contributed by atoms with Gasteiger partial charge in [-0.1, -0.05) is 0 Å². The number of hydrogen-bond donors (Lipinski definition) is 1. The first kappa shape index (κ1) is 7.18. The molecule has 0 atom stereocenters. The van der Waals surface area contributed by atoms with E-state index in [9.17, 15) is 0 Å². The average Bonchev–Trinajstić information content (AvgIpc) is 2.04. The summed E-state index contributed by atoms with van der Waals surface area (Å²) in [6, 6.07) is 0. The highest BCUT2D eigenvalue weighted by molar-refractivity contribution is 7.99. The molecule has 1 aromatic rings. The maximum Gasteiger partial charge on any atom is 0.223 e. The van der Waals surface area contributed by atoms with Crippen molar-refractivity contribution in [3.63, 3.8) is 0 Å². The Bertz CT molecular complexity index is 279. The highest BCUT2D eigenvalue weighted by Gasteiger charge is 2.10. The van der Waals surface area contributed by atoms with Gasteiger partial charge in [0.2, 0.25) is 5.28 Å². The Morgan fingerprint density at radius 2 is 2.55 bits per heavy atom. The van der Waals surface area contributed by atoms with Gasteiger partial charge in [-0.25, -0.2) is 9.97 Å². The summed E-state index contributed by atoms with van der Waals surface area (Å²) >= 11 is 7.32. The third kappa shape index (κ3) is 1.41. The molecule has 0 aromatic carbocycles. The molecule has 0 bridgehead atoms. The standard InChI is InChI=1S/C6H6ClN3S/c7-6-9-3-4-5(10-6)11-2-1-8-4/h3,8H,1-2H2. The monoisotopic (exact) mass is 187 g/mol. The maximum absolute atomic E-state index is 5.61. The molecule has 1 N–H and O–H groups in total. The molecule has 5 heteroatoms. The molecule has 11 heavy (non-hydrogen) atoms. The SMILES string of the molecule is Clc1ncc2c(n1)SCCN2. The summed E-state index contributed by atoms with van der Waals surface area (Å²) in [5, 5.41) is 4.46. The lowest BCUT2D eigenvalue weighted by atomic mass is 10.5. The van der Waals surface area contributed by atoms with E-state index >= 15 is 0 Å². The predicted octanol–water partition coefficient (Wildman–Crippen LogP) is 1.65. The molecule has 1 aliphatic rings. The van der Waals surface area contributed by atoms with Gasteiger partial charge in [-0.15, -0.1) is 11.8 Å². The first-order chi connectivity index (χ1) is 5.36. The predicted molar refractivity (Wildman–Crippen MR) is 46.3 cm³/mol. The third-order valence-electron chi connectivity index (χ3n) is 1.38. The number of aromatic nitrogens is 2. The average molecular weight is 188 g/mol. The lowest BCUT2D eigenvalue weighted by molar-refractivity contribution is 1.01. The van der Waals surface area contributed by atoms with Gasteiger partial charge < -0.3 is 5.32 Å². The topological polar surface area (TPSA) is 37.8 Å². The fourth-order valence-electron chi connectivity index (χ4n) is 0.911. The van der Waals surface area contributed by atoms with Gasteiger partial charge in [-0.3, -0.25) is 0 Å². The van der Waals surface area contributed by atoms with Gasteiger partial charge in [0.05, 0.1) is 11.9 Å². The molecule has 3 nitrogen and oxygen atoms in total. The van der Waals surface area contributed by atoms with E-state index in [1.807, 2.05) is 0 Å². The van der Waals surface area contributed by atoms with Crippen molar-refractivity contribution in [2.45, 2.75) is 5.03 Å². The fourth-order valence-corrected chi connectivity index (χ4v) is 1.92. The van der Waals surface area contributed by atoms with Crippen LogP contribution in [0, 0.1) is 0 Å². The molecule has 0 saturated carbocycles. The molecule has 1 aliphatic heterocycles. The van der Waals surface area contributed by atoms with E-state index in [1.54, 1.807) is 18.0 Å². The second-order valence-electron chi connectivity index (χ2n) is 2.13. The van der Waals surface area contributed by atoms with E-state index in [4.69, 9.17) is 11.6 Å². The first-order valence-electron chi connectivity index (χ1n) is 3.25. The lowest BCUT2D eigenvalue weighted by Gasteiger charge is -2.14. The number of halogens is 1. The van der Waals surface area contributed by atoms with Gasteiger partial charge in [0, 0.05) is 12.3 Å². The summed E-state index contributed by atoms with van der Waals surface area (Å²) in [5.41, 5.74) is 0.991. The molecule has 0 unspecified atom stereocenters. The zero-order valence-electron chi connectivity index (χ0n) is 5.67. The number of anilines is 1. The van der Waals surface area contributed by atoms with Crippen molar-refractivity contribution in [3.05, 3.63) is 11.5 Å². The van der Waals surface area contributed by atoms with E-state index in [1.165, 1.54) is 0 Å². The van der Waals surface area contributed by atoms with Crippen molar-refractivity contribution in [2.24, 2.45) is 0 Å². The van der Waals surface area contributed by atoms with Crippen molar-refractivity contribution in [3.8, 4) is 0 Å². The summed E-state index contributed by atoms with van der Waals surface area (Å²) < 4.78 is 0. The van der Waals surface area contributed by atoms with Crippen LogP contribution in [-0.4, -0.2) is 22.3 Å². The van der Waals surface area contributed by atoms with E-state index < -0.39 is 0 Å².